The Hall–Kier alpha value is -2.62. The molecule has 0 bridgehead atoms. The lowest BCUT2D eigenvalue weighted by Gasteiger charge is -2.07. The normalized spacial score (nSPS) is 9.85. The van der Waals surface area contributed by atoms with E-state index < -0.39 is 0 Å². The summed E-state index contributed by atoms with van der Waals surface area (Å²) in [7, 11) is 1.60. The lowest BCUT2D eigenvalue weighted by atomic mass is 10.1. The van der Waals surface area contributed by atoms with Crippen LogP contribution in [0.5, 0.6) is 5.75 Å². The Labute approximate surface area is 117 Å². The van der Waals surface area contributed by atoms with Crippen molar-refractivity contribution in [2.24, 2.45) is 0 Å². The maximum Gasteiger partial charge on any atom is 0.251 e. The highest BCUT2D eigenvalue weighted by Gasteiger charge is 2.05. The van der Waals surface area contributed by atoms with Gasteiger partial charge in [-0.2, -0.15) is 0 Å². The summed E-state index contributed by atoms with van der Waals surface area (Å²) in [6, 6.07) is 14.0. The largest absolute Gasteiger partial charge is 0.497 e. The first-order valence-corrected chi connectivity index (χ1v) is 6.19. The van der Waals surface area contributed by atoms with E-state index in [1.807, 2.05) is 24.3 Å². The molecule has 1 N–H and O–H groups in total. The minimum Gasteiger partial charge on any atom is -0.497 e. The molecule has 4 heteroatoms. The molecule has 0 heterocycles. The first kappa shape index (κ1) is 13.8. The van der Waals surface area contributed by atoms with Crippen molar-refractivity contribution in [2.75, 3.05) is 7.11 Å². The quantitative estimate of drug-likeness (QED) is 0.848. The number of methoxy groups -OCH3 is 1. The molecule has 0 unspecified atom stereocenters. The van der Waals surface area contributed by atoms with Crippen LogP contribution in [0.15, 0.2) is 48.5 Å². The van der Waals surface area contributed by atoms with Crippen molar-refractivity contribution in [3.05, 3.63) is 65.2 Å². The lowest BCUT2D eigenvalue weighted by molar-refractivity contribution is 0.0950. The van der Waals surface area contributed by atoms with Crippen molar-refractivity contribution >= 4 is 12.2 Å². The number of hydrogen-bond acceptors (Lipinski definition) is 3. The number of carbonyl (C=O) groups excluding carboxylic acids is 2. The van der Waals surface area contributed by atoms with Crippen LogP contribution in [0, 0.1) is 0 Å². The van der Waals surface area contributed by atoms with Crippen molar-refractivity contribution in [2.45, 2.75) is 6.54 Å². The Kier molecular flexibility index (Phi) is 4.50. The molecule has 2 aromatic rings. The molecule has 0 aromatic heterocycles. The Morgan fingerprint density at radius 1 is 1.20 bits per heavy atom. The van der Waals surface area contributed by atoms with Crippen LogP contribution in [0.25, 0.3) is 0 Å². The highest BCUT2D eigenvalue weighted by molar-refractivity contribution is 5.94. The van der Waals surface area contributed by atoms with Gasteiger partial charge < -0.3 is 10.1 Å². The summed E-state index contributed by atoms with van der Waals surface area (Å²) in [6.07, 6.45) is 0.748. The van der Waals surface area contributed by atoms with Crippen molar-refractivity contribution in [3.8, 4) is 5.75 Å². The van der Waals surface area contributed by atoms with Gasteiger partial charge >= 0.3 is 0 Å². The first-order valence-electron chi connectivity index (χ1n) is 6.19. The second-order valence-electron chi connectivity index (χ2n) is 4.27. The predicted octanol–water partition coefficient (Wildman–Crippen LogP) is 2.44. The van der Waals surface area contributed by atoms with Crippen molar-refractivity contribution in [1.29, 1.82) is 0 Å². The van der Waals surface area contributed by atoms with Crippen LogP contribution in [0.2, 0.25) is 0 Å². The fraction of sp³-hybridized carbons (Fsp3) is 0.125. The number of ether oxygens (including phenoxy) is 1. The standard InChI is InChI=1S/C16H15NO3/c1-20-15-4-2-3-13(9-15)10-17-16(19)14-7-5-12(11-18)6-8-14/h2-9,11H,10H2,1H3,(H,17,19). The Bertz CT molecular complexity index is 605. The summed E-state index contributed by atoms with van der Waals surface area (Å²) in [5.74, 6) is 0.581. The van der Waals surface area contributed by atoms with E-state index in [0.29, 0.717) is 17.7 Å². The van der Waals surface area contributed by atoms with Crippen LogP contribution in [0.4, 0.5) is 0 Å². The third kappa shape index (κ3) is 3.45. The van der Waals surface area contributed by atoms with Crippen LogP contribution in [0.1, 0.15) is 26.3 Å². The van der Waals surface area contributed by atoms with Gasteiger partial charge in [0.05, 0.1) is 7.11 Å². The van der Waals surface area contributed by atoms with Gasteiger partial charge in [0.15, 0.2) is 0 Å². The molecule has 102 valence electrons. The summed E-state index contributed by atoms with van der Waals surface area (Å²) >= 11 is 0. The molecule has 4 nitrogen and oxygen atoms in total. The minimum absolute atomic E-state index is 0.176. The van der Waals surface area contributed by atoms with Gasteiger partial charge in [-0.1, -0.05) is 24.3 Å². The monoisotopic (exact) mass is 269 g/mol. The fourth-order valence-electron chi connectivity index (χ4n) is 1.78. The summed E-state index contributed by atoms with van der Waals surface area (Å²) in [5, 5.41) is 2.82. The number of aldehydes is 1. The number of benzene rings is 2. The van der Waals surface area contributed by atoms with Crippen molar-refractivity contribution < 1.29 is 14.3 Å². The van der Waals surface area contributed by atoms with Crippen LogP contribution in [0.3, 0.4) is 0 Å². The summed E-state index contributed by atoms with van der Waals surface area (Å²) in [5.41, 5.74) is 2.04. The van der Waals surface area contributed by atoms with E-state index in [-0.39, 0.29) is 5.91 Å². The molecule has 0 fully saturated rings. The molecule has 0 radical (unpaired) electrons. The van der Waals surface area contributed by atoms with Gasteiger partial charge in [-0.25, -0.2) is 0 Å². The van der Waals surface area contributed by atoms with Crippen LogP contribution >= 0.6 is 0 Å². The maximum atomic E-state index is 11.9. The van der Waals surface area contributed by atoms with Crippen molar-refractivity contribution in [1.82, 2.24) is 5.32 Å². The average molecular weight is 269 g/mol. The van der Waals surface area contributed by atoms with E-state index in [2.05, 4.69) is 5.32 Å². The molecule has 1 amide bonds. The van der Waals surface area contributed by atoms with Gasteiger partial charge in [0.25, 0.3) is 5.91 Å². The van der Waals surface area contributed by atoms with E-state index in [1.165, 1.54) is 0 Å². The molecule has 0 atom stereocenters. The number of hydrogen-bond donors (Lipinski definition) is 1. The van der Waals surface area contributed by atoms with E-state index in [0.717, 1.165) is 17.6 Å². The predicted molar refractivity (Wildman–Crippen MR) is 76.0 cm³/mol. The van der Waals surface area contributed by atoms with E-state index in [1.54, 1.807) is 31.4 Å². The average Bonchev–Trinajstić information content (AvgIpc) is 2.53. The van der Waals surface area contributed by atoms with Crippen LogP contribution in [-0.2, 0) is 6.54 Å². The second kappa shape index (κ2) is 6.52. The molecule has 0 saturated heterocycles. The molecular weight excluding hydrogens is 254 g/mol. The molecule has 20 heavy (non-hydrogen) atoms. The fourth-order valence-corrected chi connectivity index (χ4v) is 1.78. The highest BCUT2D eigenvalue weighted by Crippen LogP contribution is 2.12. The Morgan fingerprint density at radius 3 is 2.60 bits per heavy atom. The second-order valence-corrected chi connectivity index (χ2v) is 4.27. The van der Waals surface area contributed by atoms with Gasteiger partial charge in [0.1, 0.15) is 12.0 Å². The number of rotatable bonds is 5. The first-order chi connectivity index (χ1) is 9.72. The van der Waals surface area contributed by atoms with E-state index in [9.17, 15) is 9.59 Å². The van der Waals surface area contributed by atoms with Crippen molar-refractivity contribution in [3.63, 3.8) is 0 Å². The smallest absolute Gasteiger partial charge is 0.251 e. The summed E-state index contributed by atoms with van der Waals surface area (Å²) in [6.45, 7) is 0.422. The van der Waals surface area contributed by atoms with Gasteiger partial charge in [-0.3, -0.25) is 9.59 Å². The third-order valence-electron chi connectivity index (χ3n) is 2.90. The van der Waals surface area contributed by atoms with Gasteiger partial charge in [-0.15, -0.1) is 0 Å². The molecule has 0 aliphatic rings. The summed E-state index contributed by atoms with van der Waals surface area (Å²) in [4.78, 5) is 22.5. The van der Waals surface area contributed by atoms with Gasteiger partial charge in [0, 0.05) is 17.7 Å². The van der Waals surface area contributed by atoms with Gasteiger partial charge in [0.2, 0.25) is 0 Å². The topological polar surface area (TPSA) is 55.4 Å². The molecule has 2 rings (SSSR count). The zero-order chi connectivity index (χ0) is 14.4. The molecule has 0 aliphatic carbocycles. The van der Waals surface area contributed by atoms with Gasteiger partial charge in [-0.05, 0) is 29.8 Å². The maximum absolute atomic E-state index is 11.9. The summed E-state index contributed by atoms with van der Waals surface area (Å²) < 4.78 is 5.13. The molecule has 0 saturated carbocycles. The minimum atomic E-state index is -0.176. The number of carbonyl (C=O) groups is 2. The Morgan fingerprint density at radius 2 is 1.95 bits per heavy atom. The highest BCUT2D eigenvalue weighted by atomic mass is 16.5. The molecule has 0 aliphatic heterocycles. The van der Waals surface area contributed by atoms with Crippen LogP contribution in [-0.4, -0.2) is 19.3 Å². The number of nitrogens with one attached hydrogen (secondary N) is 1. The Balaban J connectivity index is 1.98. The zero-order valence-electron chi connectivity index (χ0n) is 11.1. The third-order valence-corrected chi connectivity index (χ3v) is 2.90. The molecule has 2 aromatic carbocycles. The zero-order valence-corrected chi connectivity index (χ0v) is 11.1. The molecule has 0 spiro atoms. The van der Waals surface area contributed by atoms with Crippen LogP contribution < -0.4 is 10.1 Å². The van der Waals surface area contributed by atoms with E-state index in [4.69, 9.17) is 4.74 Å². The van der Waals surface area contributed by atoms with E-state index >= 15 is 0 Å². The number of amides is 1. The SMILES string of the molecule is COc1cccc(CNC(=O)c2ccc(C=O)cc2)c1. The lowest BCUT2D eigenvalue weighted by Crippen LogP contribution is -2.22. The molecular formula is C16H15NO3.